The van der Waals surface area contributed by atoms with Gasteiger partial charge in [0.2, 0.25) is 0 Å². The smallest absolute Gasteiger partial charge is 0.265 e. The number of fused-ring (bicyclic) bond motifs is 4. The van der Waals surface area contributed by atoms with Crippen LogP contribution in [-0.2, 0) is 58.3 Å². The van der Waals surface area contributed by atoms with E-state index >= 15 is 8.78 Å². The molecule has 0 unspecified atom stereocenters. The van der Waals surface area contributed by atoms with Crippen molar-refractivity contribution in [2.45, 2.75) is 236 Å². The predicted molar refractivity (Wildman–Crippen MR) is 437 cm³/mol. The Labute approximate surface area is 632 Å². The van der Waals surface area contributed by atoms with Gasteiger partial charge in [-0.25, -0.2) is 8.78 Å². The zero-order valence-corrected chi connectivity index (χ0v) is 71.5. The van der Waals surface area contributed by atoms with Crippen LogP contribution in [0, 0.1) is 51.2 Å². The van der Waals surface area contributed by atoms with Crippen molar-refractivity contribution in [3.8, 4) is 67.5 Å². The second-order valence-electron chi connectivity index (χ2n) is 37.9. The van der Waals surface area contributed by atoms with Crippen LogP contribution in [0.2, 0.25) is 12.1 Å². The summed E-state index contributed by atoms with van der Waals surface area (Å²) < 4.78 is 44.8. The van der Waals surface area contributed by atoms with Crippen LogP contribution in [0.3, 0.4) is 0 Å². The topological polar surface area (TPSA) is 66.1 Å². The SMILES string of the molecule is Cc1cc(F)cc(-c2cc(C(C)(C)CC(C)(C)C)cc(-c3c4cc(C(C)(C)C)ccc4cc4ccc(C(C)(C)C)cc34)c2O)c1[OH+]C[Si]1(C[OH+]c2c(C)cc(F)cc2-c2cc(C(C)(C)CC(C)(C)C)cc(-c3c4cc(C(C)(C)C)ccc4cc4ccc(C(C)(C)C)cc34)c2O)CCCC1.[CH3-].[CH3-].[Hf]. The van der Waals surface area contributed by atoms with Crippen LogP contribution in [0.25, 0.3) is 87.6 Å². The van der Waals surface area contributed by atoms with Crippen LogP contribution >= 0.6 is 0 Å². The van der Waals surface area contributed by atoms with Gasteiger partial charge in [-0.3, -0.25) is 0 Å². The first-order valence-electron chi connectivity index (χ1n) is 36.5. The number of halogens is 2. The second kappa shape index (κ2) is 28.7. The average molecular weight is 1560 g/mol. The van der Waals surface area contributed by atoms with Gasteiger partial charge in [0.05, 0.1) is 11.1 Å². The molecule has 10 aromatic rings. The van der Waals surface area contributed by atoms with E-state index in [4.69, 9.17) is 9.47 Å². The summed E-state index contributed by atoms with van der Waals surface area (Å²) in [5.41, 5.74) is 12.5. The number of hydrogen-bond donors (Lipinski definition) is 2. The van der Waals surface area contributed by atoms with Gasteiger partial charge < -0.3 is 34.5 Å². The van der Waals surface area contributed by atoms with E-state index in [1.807, 2.05) is 13.8 Å². The van der Waals surface area contributed by atoms with E-state index in [-0.39, 0.29) is 107 Å². The van der Waals surface area contributed by atoms with E-state index < -0.39 is 8.07 Å². The van der Waals surface area contributed by atoms with Gasteiger partial charge in [-0.1, -0.05) is 214 Å². The van der Waals surface area contributed by atoms with Crippen molar-refractivity contribution in [2.24, 2.45) is 10.8 Å². The van der Waals surface area contributed by atoms with E-state index in [0.29, 0.717) is 68.5 Å². The monoisotopic (exact) mass is 1560 g/mol. The summed E-state index contributed by atoms with van der Waals surface area (Å²) in [6, 6.07) is 48.8. The fourth-order valence-electron chi connectivity index (χ4n) is 16.7. The molecule has 4 N–H and O–H groups in total. The molecule has 4 nitrogen and oxygen atoms in total. The number of hydrogen-bond acceptors (Lipinski definition) is 2. The molecule has 0 bridgehead atoms. The molecule has 0 amide bonds. The van der Waals surface area contributed by atoms with Gasteiger partial charge in [0.1, 0.15) is 23.1 Å². The fourth-order valence-corrected chi connectivity index (χ4v) is 20.6. The predicted octanol–water partition coefficient (Wildman–Crippen LogP) is 27.3. The normalized spacial score (nSPS) is 14.1. The van der Waals surface area contributed by atoms with Gasteiger partial charge in [0, 0.05) is 70.4 Å². The van der Waals surface area contributed by atoms with Gasteiger partial charge in [0.15, 0.2) is 12.5 Å². The molecule has 1 fully saturated rings. The van der Waals surface area contributed by atoms with E-state index in [2.05, 4.69) is 262 Å². The summed E-state index contributed by atoms with van der Waals surface area (Å²) in [5, 5.41) is 35.7. The molecular weight excluding hydrogens is 1440 g/mol. The molecule has 0 aliphatic carbocycles. The van der Waals surface area contributed by atoms with Crippen LogP contribution in [0.1, 0.15) is 223 Å². The third-order valence-corrected chi connectivity index (χ3v) is 26.0. The molecule has 542 valence electrons. The average Bonchev–Trinajstić information content (AvgIpc) is 0.899. The third kappa shape index (κ3) is 16.7. The minimum absolute atomic E-state index is 0. The van der Waals surface area contributed by atoms with Crippen molar-refractivity contribution in [2.75, 3.05) is 12.5 Å². The van der Waals surface area contributed by atoms with Crippen molar-refractivity contribution in [1.29, 1.82) is 0 Å². The van der Waals surface area contributed by atoms with Crippen LogP contribution in [-0.4, -0.2) is 40.2 Å². The van der Waals surface area contributed by atoms with Gasteiger partial charge in [0.25, 0.3) is 19.6 Å². The molecule has 0 radical (unpaired) electrons. The van der Waals surface area contributed by atoms with Gasteiger partial charge in [-0.05, 0) is 243 Å². The molecule has 0 aromatic heterocycles. The summed E-state index contributed by atoms with van der Waals surface area (Å²) in [6.45, 7) is 53.7. The summed E-state index contributed by atoms with van der Waals surface area (Å²) in [4.78, 5) is 0. The summed E-state index contributed by atoms with van der Waals surface area (Å²) in [5.74, 6) is 0.760. The van der Waals surface area contributed by atoms with E-state index in [9.17, 15) is 10.2 Å². The van der Waals surface area contributed by atoms with Gasteiger partial charge in [-0.2, -0.15) is 0 Å². The first kappa shape index (κ1) is 81.1. The summed E-state index contributed by atoms with van der Waals surface area (Å²) in [6.07, 6.45) is 4.86. The molecule has 1 saturated heterocycles. The van der Waals surface area contributed by atoms with E-state index in [0.717, 1.165) is 103 Å². The van der Waals surface area contributed by atoms with Crippen molar-refractivity contribution < 1.29 is 54.3 Å². The number of phenolic OH excluding ortho intramolecular Hbond substituents is 2. The standard InChI is InChI=1S/C92H112F2O4Si.2CH3.Hf/c1-55-37-67(93)49-75(73-45-65(91(21,22)51-85(3,4)5)47-77(81(73)95)79-69-41-61(87(9,10)11)31-27-57(69)39-58-28-32-62(42-70(58)79)88(12,13)14)83(55)97-53-99(35-25-26-36-99)54-98-84-56(2)38-68(94)50-76(84)74-46-66(92(23,24)52-86(6,7)8)48-78(82(74)96)80-71-43-63(89(15,16)17)33-29-59(71)40-60-30-34-64(44-72(60)80)90(18,19)20;;;/h27-34,37-50,95-96H,25-26,35-36,51-54H2,1-24H3;2*1H3;/q;2*-1;/p+2. The largest absolute Gasteiger partial charge is 0.585 e. The molecule has 0 saturated carbocycles. The minimum atomic E-state index is -2.46. The second-order valence-corrected chi connectivity index (χ2v) is 42.5. The Hall–Kier alpha value is -6.61. The Morgan fingerprint density at radius 1 is 0.353 bits per heavy atom. The quantitative estimate of drug-likeness (QED) is 0.0493. The van der Waals surface area contributed by atoms with Crippen molar-refractivity contribution >= 4 is 51.2 Å². The van der Waals surface area contributed by atoms with Crippen LogP contribution in [0.15, 0.2) is 133 Å². The molecule has 0 spiro atoms. The Kier molecular flexibility index (Phi) is 22.8. The molecule has 1 aliphatic rings. The third-order valence-electron chi connectivity index (χ3n) is 21.6. The molecular formula is C94H120F2HfO4Si. The zero-order valence-electron chi connectivity index (χ0n) is 66.9. The number of benzene rings is 10. The number of aliphatic hydroxyl groups is 2. The Balaban J connectivity index is 0.00000440. The van der Waals surface area contributed by atoms with Crippen LogP contribution in [0.5, 0.6) is 23.0 Å². The molecule has 1 aliphatic heterocycles. The number of aryl methyl sites for hydroxylation is 2. The number of phenols is 2. The minimum Gasteiger partial charge on any atom is -0.585 e. The van der Waals surface area contributed by atoms with E-state index in [1.54, 1.807) is 24.3 Å². The van der Waals surface area contributed by atoms with Gasteiger partial charge >= 0.3 is 0 Å². The number of rotatable bonds is 14. The van der Waals surface area contributed by atoms with Crippen LogP contribution in [0.4, 0.5) is 8.78 Å². The summed E-state index contributed by atoms with van der Waals surface area (Å²) in [7, 11) is -2.46. The molecule has 102 heavy (non-hydrogen) atoms. The Morgan fingerprint density at radius 3 is 0.892 bits per heavy atom. The maximum atomic E-state index is 16.7. The maximum absolute atomic E-state index is 16.7. The Bertz CT molecular complexity index is 4370. The molecule has 0 atom stereocenters. The van der Waals surface area contributed by atoms with Crippen molar-refractivity contribution in [3.63, 3.8) is 0 Å². The fraction of sp³-hybridized carbons (Fsp3) is 0.426. The number of aromatic hydroxyl groups is 4. The zero-order chi connectivity index (χ0) is 72.4. The molecule has 1 heterocycles. The first-order chi connectivity index (χ1) is 45.7. The number of ether oxygens (including phenoxy) is 2. The van der Waals surface area contributed by atoms with Crippen molar-refractivity contribution in [3.05, 3.63) is 204 Å². The van der Waals surface area contributed by atoms with E-state index in [1.165, 1.54) is 22.3 Å². The van der Waals surface area contributed by atoms with Crippen LogP contribution < -0.4 is 0 Å². The first-order valence-corrected chi connectivity index (χ1v) is 39.3. The molecule has 8 heteroatoms. The Morgan fingerprint density at radius 2 is 0.627 bits per heavy atom. The van der Waals surface area contributed by atoms with Crippen molar-refractivity contribution in [1.82, 2.24) is 0 Å². The molecule has 10 aromatic carbocycles. The summed E-state index contributed by atoms with van der Waals surface area (Å²) >= 11 is 0. The molecule has 11 rings (SSSR count). The maximum Gasteiger partial charge on any atom is 0.265 e. The van der Waals surface area contributed by atoms with Gasteiger partial charge in [-0.15, -0.1) is 0 Å².